The summed E-state index contributed by atoms with van der Waals surface area (Å²) in [5.41, 5.74) is 1.97. The van der Waals surface area contributed by atoms with Crippen molar-refractivity contribution in [3.05, 3.63) is 64.9 Å². The first kappa shape index (κ1) is 13.6. The summed E-state index contributed by atoms with van der Waals surface area (Å²) < 4.78 is 0. The number of halogens is 1. The molecule has 0 radical (unpaired) electrons. The van der Waals surface area contributed by atoms with Crippen molar-refractivity contribution in [3.8, 4) is 0 Å². The van der Waals surface area contributed by atoms with E-state index in [9.17, 15) is 0 Å². The topological polar surface area (TPSA) is 25.4 Å². The summed E-state index contributed by atoms with van der Waals surface area (Å²) >= 11 is 5.95. The highest BCUT2D eigenvalue weighted by Gasteiger charge is 2.42. The molecule has 3 nitrogen and oxygen atoms in total. The van der Waals surface area contributed by atoms with Crippen molar-refractivity contribution >= 4 is 11.6 Å². The van der Waals surface area contributed by atoms with Crippen LogP contribution in [0, 0.1) is 0 Å². The van der Waals surface area contributed by atoms with Gasteiger partial charge in [-0.05, 0) is 30.7 Å². The summed E-state index contributed by atoms with van der Waals surface area (Å²) in [6, 6.07) is 12.2. The molecule has 20 heavy (non-hydrogen) atoms. The highest BCUT2D eigenvalue weighted by molar-refractivity contribution is 6.30. The number of hydrogen-bond acceptors (Lipinski definition) is 3. The van der Waals surface area contributed by atoms with Crippen LogP contribution in [0.2, 0.25) is 5.02 Å². The van der Waals surface area contributed by atoms with E-state index in [0.717, 1.165) is 17.0 Å². The van der Waals surface area contributed by atoms with Gasteiger partial charge < -0.3 is 0 Å². The van der Waals surface area contributed by atoms with Crippen LogP contribution in [-0.2, 0) is 10.4 Å². The van der Waals surface area contributed by atoms with Gasteiger partial charge in [0.25, 0.3) is 0 Å². The third kappa shape index (κ3) is 2.44. The Balaban J connectivity index is 1.88. The van der Waals surface area contributed by atoms with E-state index in [2.05, 4.69) is 30.1 Å². The Hall–Kier alpha value is -1.42. The van der Waals surface area contributed by atoms with E-state index >= 15 is 0 Å². The number of benzene rings is 1. The highest BCUT2D eigenvalue weighted by atomic mass is 35.5. The molecule has 0 bridgehead atoms. The Bertz CT molecular complexity index is 587. The van der Waals surface area contributed by atoms with Crippen molar-refractivity contribution < 1.29 is 4.84 Å². The number of hydrogen-bond donors (Lipinski definition) is 0. The van der Waals surface area contributed by atoms with Gasteiger partial charge >= 0.3 is 0 Å². The molecule has 1 aromatic carbocycles. The zero-order valence-electron chi connectivity index (χ0n) is 11.6. The molecule has 2 unspecified atom stereocenters. The van der Waals surface area contributed by atoms with Crippen LogP contribution in [0.15, 0.2) is 48.8 Å². The molecule has 1 fully saturated rings. The molecule has 0 spiro atoms. The molecule has 104 valence electrons. The maximum Gasteiger partial charge on any atom is 0.115 e. The fourth-order valence-electron chi connectivity index (χ4n) is 2.78. The lowest BCUT2D eigenvalue weighted by molar-refractivity contribution is -0.188. The number of pyridine rings is 1. The maximum atomic E-state index is 6.09. The zero-order chi connectivity index (χ0) is 14.2. The second kappa shape index (κ2) is 5.17. The quantitative estimate of drug-likeness (QED) is 0.836. The molecule has 0 saturated carbocycles. The molecule has 3 rings (SSSR count). The van der Waals surface area contributed by atoms with E-state index in [4.69, 9.17) is 16.4 Å². The summed E-state index contributed by atoms with van der Waals surface area (Å²) in [6.07, 6.45) is 4.54. The maximum absolute atomic E-state index is 6.09. The van der Waals surface area contributed by atoms with Gasteiger partial charge in [0.05, 0.1) is 6.04 Å². The zero-order valence-corrected chi connectivity index (χ0v) is 12.3. The van der Waals surface area contributed by atoms with E-state index in [1.54, 1.807) is 6.20 Å². The first-order valence-corrected chi connectivity index (χ1v) is 7.04. The first-order chi connectivity index (χ1) is 9.58. The minimum absolute atomic E-state index is 0.220. The molecule has 4 heteroatoms. The van der Waals surface area contributed by atoms with Crippen molar-refractivity contribution in [2.24, 2.45) is 0 Å². The minimum Gasteiger partial charge on any atom is -0.287 e. The summed E-state index contributed by atoms with van der Waals surface area (Å²) in [4.78, 5) is 10.3. The Morgan fingerprint density at radius 1 is 1.30 bits per heavy atom. The van der Waals surface area contributed by atoms with Gasteiger partial charge in [0.15, 0.2) is 0 Å². The molecule has 0 aliphatic carbocycles. The molecule has 2 atom stereocenters. The van der Waals surface area contributed by atoms with Crippen LogP contribution in [-0.4, -0.2) is 17.1 Å². The van der Waals surface area contributed by atoms with Crippen LogP contribution in [0.3, 0.4) is 0 Å². The Morgan fingerprint density at radius 2 is 2.05 bits per heavy atom. The Kier molecular flexibility index (Phi) is 3.50. The molecule has 1 aliphatic rings. The normalized spacial score (nSPS) is 26.9. The lowest BCUT2D eigenvalue weighted by Crippen LogP contribution is -2.23. The molecule has 1 aromatic heterocycles. The second-order valence-electron chi connectivity index (χ2n) is 5.38. The Labute approximate surface area is 124 Å². The fraction of sp³-hybridized carbons (Fsp3) is 0.312. The highest BCUT2D eigenvalue weighted by Crippen LogP contribution is 2.44. The second-order valence-corrected chi connectivity index (χ2v) is 5.82. The summed E-state index contributed by atoms with van der Waals surface area (Å²) in [7, 11) is 1.97. The van der Waals surface area contributed by atoms with E-state index < -0.39 is 0 Å². The van der Waals surface area contributed by atoms with Gasteiger partial charge in [-0.15, -0.1) is 0 Å². The lowest BCUT2D eigenvalue weighted by Gasteiger charge is -2.23. The third-order valence-corrected chi connectivity index (χ3v) is 4.15. The summed E-state index contributed by atoms with van der Waals surface area (Å²) in [6.45, 7) is 2.11. The van der Waals surface area contributed by atoms with Gasteiger partial charge in [-0.1, -0.05) is 29.8 Å². The largest absolute Gasteiger partial charge is 0.287 e. The Morgan fingerprint density at radius 3 is 2.70 bits per heavy atom. The number of aromatic nitrogens is 1. The van der Waals surface area contributed by atoms with Crippen LogP contribution in [0.5, 0.6) is 0 Å². The minimum atomic E-state index is -0.340. The standard InChI is InChI=1S/C16H17ClN2O/c1-16(13-4-3-9-18-11-13)10-15(19(2)20-16)12-5-7-14(17)8-6-12/h3-9,11,15H,10H2,1-2H3. The fourth-order valence-corrected chi connectivity index (χ4v) is 2.90. The average molecular weight is 289 g/mol. The molecule has 0 N–H and O–H groups in total. The van der Waals surface area contributed by atoms with Crippen LogP contribution in [0.1, 0.15) is 30.5 Å². The van der Waals surface area contributed by atoms with Gasteiger partial charge in [-0.2, -0.15) is 5.06 Å². The van der Waals surface area contributed by atoms with E-state index in [1.807, 2.05) is 36.5 Å². The van der Waals surface area contributed by atoms with Gasteiger partial charge in [0.2, 0.25) is 0 Å². The van der Waals surface area contributed by atoms with Crippen molar-refractivity contribution in [1.29, 1.82) is 0 Å². The first-order valence-electron chi connectivity index (χ1n) is 6.66. The third-order valence-electron chi connectivity index (χ3n) is 3.89. The number of hydroxylamine groups is 2. The van der Waals surface area contributed by atoms with Crippen LogP contribution >= 0.6 is 11.6 Å². The molecule has 1 saturated heterocycles. The van der Waals surface area contributed by atoms with Crippen molar-refractivity contribution in [3.63, 3.8) is 0 Å². The average Bonchev–Trinajstić information content (AvgIpc) is 2.77. The predicted molar refractivity (Wildman–Crippen MR) is 79.2 cm³/mol. The molecule has 2 aromatic rings. The molecule has 0 amide bonds. The van der Waals surface area contributed by atoms with Gasteiger partial charge in [0.1, 0.15) is 5.60 Å². The lowest BCUT2D eigenvalue weighted by atomic mass is 9.89. The van der Waals surface area contributed by atoms with E-state index in [1.165, 1.54) is 5.56 Å². The van der Waals surface area contributed by atoms with Crippen molar-refractivity contribution in [2.75, 3.05) is 7.05 Å². The SMILES string of the molecule is CN1OC(C)(c2cccnc2)CC1c1ccc(Cl)cc1. The van der Waals surface area contributed by atoms with Crippen LogP contribution < -0.4 is 0 Å². The van der Waals surface area contributed by atoms with Crippen LogP contribution in [0.4, 0.5) is 0 Å². The molecular weight excluding hydrogens is 272 g/mol. The monoisotopic (exact) mass is 288 g/mol. The predicted octanol–water partition coefficient (Wildman–Crippen LogP) is 3.96. The molecule has 2 heterocycles. The molecular formula is C16H17ClN2O. The summed E-state index contributed by atoms with van der Waals surface area (Å²) in [5.74, 6) is 0. The van der Waals surface area contributed by atoms with Gasteiger partial charge in [-0.3, -0.25) is 9.82 Å². The van der Waals surface area contributed by atoms with Crippen molar-refractivity contribution in [1.82, 2.24) is 10.0 Å². The van der Waals surface area contributed by atoms with E-state index in [-0.39, 0.29) is 11.6 Å². The number of rotatable bonds is 2. The van der Waals surface area contributed by atoms with Gasteiger partial charge in [0, 0.05) is 36.4 Å². The van der Waals surface area contributed by atoms with E-state index in [0.29, 0.717) is 0 Å². The van der Waals surface area contributed by atoms with Crippen LogP contribution in [0.25, 0.3) is 0 Å². The van der Waals surface area contributed by atoms with Crippen molar-refractivity contribution in [2.45, 2.75) is 25.0 Å². The summed E-state index contributed by atoms with van der Waals surface area (Å²) in [5, 5.41) is 2.68. The number of nitrogens with zero attached hydrogens (tertiary/aromatic N) is 2. The molecule has 1 aliphatic heterocycles. The van der Waals surface area contributed by atoms with Gasteiger partial charge in [-0.25, -0.2) is 0 Å². The smallest absolute Gasteiger partial charge is 0.115 e.